The van der Waals surface area contributed by atoms with Crippen LogP contribution in [0.15, 0.2) is 103 Å². The topological polar surface area (TPSA) is 52.6 Å². The van der Waals surface area contributed by atoms with Crippen molar-refractivity contribution < 1.29 is 14.3 Å². The second-order valence-electron chi connectivity index (χ2n) is 9.33. The molecule has 4 nitrogen and oxygen atoms in total. The second-order valence-corrected chi connectivity index (χ2v) is 9.33. The van der Waals surface area contributed by atoms with Gasteiger partial charge in [-0.1, -0.05) is 78.9 Å². The first-order valence-corrected chi connectivity index (χ1v) is 12.3. The number of hydrogen-bond donors (Lipinski definition) is 2. The van der Waals surface area contributed by atoms with E-state index in [4.69, 9.17) is 0 Å². The van der Waals surface area contributed by atoms with E-state index in [2.05, 4.69) is 40.5 Å². The molecular weight excluding hydrogens is 451 g/mol. The number of nitrogens with one attached hydrogen (secondary N) is 1. The predicted octanol–water partition coefficient (Wildman–Crippen LogP) is 5.14. The molecule has 4 aromatic rings. The summed E-state index contributed by atoms with van der Waals surface area (Å²) >= 11 is 0. The summed E-state index contributed by atoms with van der Waals surface area (Å²) in [6.07, 6.45) is -0.181. The van der Waals surface area contributed by atoms with Gasteiger partial charge < -0.3 is 15.3 Å². The summed E-state index contributed by atoms with van der Waals surface area (Å²) in [4.78, 5) is 15.2. The molecule has 1 amide bonds. The lowest BCUT2D eigenvalue weighted by Gasteiger charge is -2.37. The van der Waals surface area contributed by atoms with Crippen LogP contribution in [0.3, 0.4) is 0 Å². The van der Waals surface area contributed by atoms with Crippen LogP contribution in [0.1, 0.15) is 16.7 Å². The first-order chi connectivity index (χ1) is 17.5. The first kappa shape index (κ1) is 23.8. The molecule has 0 aromatic heterocycles. The van der Waals surface area contributed by atoms with E-state index in [1.165, 1.54) is 17.7 Å². The van der Waals surface area contributed by atoms with Crippen molar-refractivity contribution in [3.05, 3.63) is 126 Å². The smallest absolute Gasteiger partial charge is 0.249 e. The molecule has 4 aromatic carbocycles. The number of benzene rings is 4. The van der Waals surface area contributed by atoms with Gasteiger partial charge in [0, 0.05) is 25.2 Å². The van der Waals surface area contributed by atoms with Crippen LogP contribution in [0.2, 0.25) is 0 Å². The maximum absolute atomic E-state index is 13.4. The van der Waals surface area contributed by atoms with E-state index in [1.807, 2.05) is 48.5 Å². The first-order valence-electron chi connectivity index (χ1n) is 12.3. The van der Waals surface area contributed by atoms with Gasteiger partial charge in [0.2, 0.25) is 5.91 Å². The molecule has 0 aliphatic carbocycles. The monoisotopic (exact) mass is 480 g/mol. The number of rotatable bonds is 7. The third kappa shape index (κ3) is 5.64. The van der Waals surface area contributed by atoms with Crippen molar-refractivity contribution in [1.29, 1.82) is 0 Å². The second kappa shape index (κ2) is 10.8. The zero-order valence-electron chi connectivity index (χ0n) is 20.0. The average molecular weight is 481 g/mol. The van der Waals surface area contributed by atoms with E-state index < -0.39 is 6.10 Å². The largest absolute Gasteiger partial charge is 0.383 e. The molecule has 5 rings (SSSR count). The number of carbonyl (C=O) groups is 1. The van der Waals surface area contributed by atoms with Gasteiger partial charge in [0.05, 0.1) is 6.04 Å². The van der Waals surface area contributed by atoms with Crippen molar-refractivity contribution >= 4 is 11.6 Å². The van der Waals surface area contributed by atoms with Gasteiger partial charge in [-0.05, 0) is 58.5 Å². The van der Waals surface area contributed by atoms with Gasteiger partial charge in [0.25, 0.3) is 0 Å². The number of hydrogen-bond acceptors (Lipinski definition) is 3. The van der Waals surface area contributed by atoms with Gasteiger partial charge in [0.1, 0.15) is 11.9 Å². The molecule has 2 N–H and O–H groups in total. The fourth-order valence-electron chi connectivity index (χ4n) is 4.85. The fourth-order valence-corrected chi connectivity index (χ4v) is 4.85. The Morgan fingerprint density at radius 1 is 0.889 bits per heavy atom. The van der Waals surface area contributed by atoms with Crippen LogP contribution >= 0.6 is 0 Å². The van der Waals surface area contributed by atoms with Crippen molar-refractivity contribution in [3.8, 4) is 11.1 Å². The number of halogens is 1. The predicted molar refractivity (Wildman–Crippen MR) is 141 cm³/mol. The summed E-state index contributed by atoms with van der Waals surface area (Å²) in [5.41, 5.74) is 6.29. The van der Waals surface area contributed by atoms with E-state index in [-0.39, 0.29) is 24.2 Å². The van der Waals surface area contributed by atoms with Gasteiger partial charge in [-0.15, -0.1) is 0 Å². The molecular formula is C31H29FN2O2. The van der Waals surface area contributed by atoms with E-state index in [1.54, 1.807) is 12.1 Å². The molecule has 0 saturated heterocycles. The maximum Gasteiger partial charge on any atom is 0.249 e. The van der Waals surface area contributed by atoms with Crippen molar-refractivity contribution in [2.24, 2.45) is 0 Å². The molecule has 5 heteroatoms. The Kier molecular flexibility index (Phi) is 7.10. The highest BCUT2D eigenvalue weighted by molar-refractivity contribution is 5.81. The standard InChI is InChI=1S/C31H29FN2O2/c32-27-14-11-24(12-15-27)25-13-16-29-26(18-25)19-28(21-34(29)20-23-9-5-2-6-10-23)33-31(36)30(35)17-22-7-3-1-4-8-22/h1-16,18,28,30,35H,17,19-21H2,(H,33,36). The zero-order valence-corrected chi connectivity index (χ0v) is 20.0. The highest BCUT2D eigenvalue weighted by Crippen LogP contribution is 2.33. The van der Waals surface area contributed by atoms with Crippen molar-refractivity contribution in [1.82, 2.24) is 5.32 Å². The van der Waals surface area contributed by atoms with E-state index >= 15 is 0 Å². The Labute approximate surface area is 211 Å². The molecule has 1 aliphatic rings. The van der Waals surface area contributed by atoms with Crippen LogP contribution in [-0.4, -0.2) is 29.7 Å². The molecule has 2 atom stereocenters. The minimum Gasteiger partial charge on any atom is -0.383 e. The average Bonchev–Trinajstić information content (AvgIpc) is 2.90. The number of fused-ring (bicyclic) bond motifs is 1. The third-order valence-corrected chi connectivity index (χ3v) is 6.64. The molecule has 0 spiro atoms. The minimum atomic E-state index is -1.11. The lowest BCUT2D eigenvalue weighted by atomic mass is 9.93. The van der Waals surface area contributed by atoms with Gasteiger partial charge in [0.15, 0.2) is 0 Å². The molecule has 36 heavy (non-hydrogen) atoms. The Bertz CT molecular complexity index is 1310. The van der Waals surface area contributed by atoms with E-state index in [0.29, 0.717) is 19.5 Å². The molecule has 1 heterocycles. The van der Waals surface area contributed by atoms with Crippen LogP contribution in [-0.2, 0) is 24.2 Å². The SMILES string of the molecule is O=C(NC1Cc2cc(-c3ccc(F)cc3)ccc2N(Cc2ccccc2)C1)C(O)Cc1ccccc1. The number of amides is 1. The van der Waals surface area contributed by atoms with Crippen molar-refractivity contribution in [3.63, 3.8) is 0 Å². The lowest BCUT2D eigenvalue weighted by molar-refractivity contribution is -0.129. The van der Waals surface area contributed by atoms with E-state index in [9.17, 15) is 14.3 Å². The van der Waals surface area contributed by atoms with Crippen molar-refractivity contribution in [2.45, 2.75) is 31.5 Å². The van der Waals surface area contributed by atoms with Gasteiger partial charge in [-0.3, -0.25) is 4.79 Å². The lowest BCUT2D eigenvalue weighted by Crippen LogP contribution is -2.51. The molecule has 0 saturated carbocycles. The van der Waals surface area contributed by atoms with Crippen molar-refractivity contribution in [2.75, 3.05) is 11.4 Å². The van der Waals surface area contributed by atoms with Crippen LogP contribution in [0.4, 0.5) is 10.1 Å². The van der Waals surface area contributed by atoms with Crippen LogP contribution in [0, 0.1) is 5.82 Å². The summed E-state index contributed by atoms with van der Waals surface area (Å²) in [7, 11) is 0. The van der Waals surface area contributed by atoms with Crippen LogP contribution < -0.4 is 10.2 Å². The number of aliphatic hydroxyl groups is 1. The Balaban J connectivity index is 1.38. The minimum absolute atomic E-state index is 0.150. The molecule has 0 fully saturated rings. The highest BCUT2D eigenvalue weighted by Gasteiger charge is 2.28. The van der Waals surface area contributed by atoms with Gasteiger partial charge in [-0.25, -0.2) is 4.39 Å². The van der Waals surface area contributed by atoms with Crippen LogP contribution in [0.25, 0.3) is 11.1 Å². The molecule has 1 aliphatic heterocycles. The van der Waals surface area contributed by atoms with E-state index in [0.717, 1.165) is 27.9 Å². The summed E-state index contributed by atoms with van der Waals surface area (Å²) in [6, 6.07) is 32.4. The number of aliphatic hydroxyl groups excluding tert-OH is 1. The molecule has 2 unspecified atom stereocenters. The maximum atomic E-state index is 13.4. The third-order valence-electron chi connectivity index (χ3n) is 6.64. The quantitative estimate of drug-likeness (QED) is 0.385. The van der Waals surface area contributed by atoms with Gasteiger partial charge >= 0.3 is 0 Å². The number of carbonyl (C=O) groups excluding carboxylic acids is 1. The molecule has 0 bridgehead atoms. The fraction of sp³-hybridized carbons (Fsp3) is 0.194. The van der Waals surface area contributed by atoms with Crippen LogP contribution in [0.5, 0.6) is 0 Å². The Hall–Kier alpha value is -3.96. The zero-order chi connectivity index (χ0) is 24.9. The Morgan fingerprint density at radius 3 is 2.22 bits per heavy atom. The number of anilines is 1. The summed E-state index contributed by atoms with van der Waals surface area (Å²) < 4.78 is 13.4. The molecule has 182 valence electrons. The summed E-state index contributed by atoms with van der Waals surface area (Å²) in [5.74, 6) is -0.621. The van der Waals surface area contributed by atoms with Gasteiger partial charge in [-0.2, -0.15) is 0 Å². The Morgan fingerprint density at radius 2 is 1.53 bits per heavy atom. The summed E-state index contributed by atoms with van der Waals surface area (Å²) in [5, 5.41) is 13.6. The molecule has 0 radical (unpaired) electrons. The summed E-state index contributed by atoms with van der Waals surface area (Å²) in [6.45, 7) is 1.35. The highest BCUT2D eigenvalue weighted by atomic mass is 19.1. The normalized spacial score (nSPS) is 15.7. The number of nitrogens with zero attached hydrogens (tertiary/aromatic N) is 1.